The fourth-order valence-electron chi connectivity index (χ4n) is 1.44. The molecule has 1 atom stereocenters. The van der Waals surface area contributed by atoms with Crippen molar-refractivity contribution in [3.63, 3.8) is 0 Å². The molecule has 0 fully saturated rings. The normalized spacial score (nSPS) is 12.9. The smallest absolute Gasteiger partial charge is 0.306 e. The highest BCUT2D eigenvalue weighted by Gasteiger charge is 2.11. The van der Waals surface area contributed by atoms with Crippen molar-refractivity contribution in [1.29, 1.82) is 0 Å². The Bertz CT molecular complexity index is 492. The van der Waals surface area contributed by atoms with Crippen molar-refractivity contribution in [2.24, 2.45) is 5.92 Å². The monoisotopic (exact) mass is 205 g/mol. The average Bonchev–Trinajstić information content (AvgIpc) is 2.64. The third kappa shape index (κ3) is 1.96. The maximum Gasteiger partial charge on any atom is 0.306 e. The zero-order valence-corrected chi connectivity index (χ0v) is 8.29. The van der Waals surface area contributed by atoms with Crippen LogP contribution in [0.4, 0.5) is 0 Å². The van der Waals surface area contributed by atoms with Gasteiger partial charge in [-0.05, 0) is 24.1 Å². The van der Waals surface area contributed by atoms with Crippen molar-refractivity contribution >= 4 is 11.5 Å². The summed E-state index contributed by atoms with van der Waals surface area (Å²) >= 11 is 0. The molecule has 2 aromatic rings. The van der Waals surface area contributed by atoms with Crippen molar-refractivity contribution in [3.05, 3.63) is 30.1 Å². The van der Waals surface area contributed by atoms with Crippen LogP contribution in [0.2, 0.25) is 0 Å². The standard InChI is InChI=1S/C10H11N3O2/c1-7(10(14)15)4-8-2-3-13-9(5-8)6-11-12-13/h2-3,5-7H,4H2,1H3,(H,14,15). The van der Waals surface area contributed by atoms with E-state index in [1.165, 1.54) is 0 Å². The maximum absolute atomic E-state index is 10.7. The molecule has 15 heavy (non-hydrogen) atoms. The predicted molar refractivity (Wildman–Crippen MR) is 53.5 cm³/mol. The van der Waals surface area contributed by atoms with E-state index in [-0.39, 0.29) is 5.92 Å². The Kier molecular flexibility index (Phi) is 2.37. The SMILES string of the molecule is CC(Cc1ccn2nncc2c1)C(=O)O. The van der Waals surface area contributed by atoms with E-state index in [0.29, 0.717) is 6.42 Å². The second-order valence-corrected chi connectivity index (χ2v) is 3.58. The Labute approximate surface area is 86.3 Å². The molecule has 1 unspecified atom stereocenters. The zero-order valence-electron chi connectivity index (χ0n) is 8.29. The molecular formula is C10H11N3O2. The van der Waals surface area contributed by atoms with Crippen molar-refractivity contribution in [1.82, 2.24) is 14.8 Å². The number of carboxylic acid groups (broad SMARTS) is 1. The molecule has 0 spiro atoms. The molecule has 0 saturated carbocycles. The molecule has 1 N–H and O–H groups in total. The third-order valence-corrected chi connectivity index (χ3v) is 2.33. The van der Waals surface area contributed by atoms with Gasteiger partial charge in [0.25, 0.3) is 0 Å². The highest BCUT2D eigenvalue weighted by molar-refractivity contribution is 5.70. The van der Waals surface area contributed by atoms with E-state index in [0.717, 1.165) is 11.1 Å². The number of fused-ring (bicyclic) bond motifs is 1. The van der Waals surface area contributed by atoms with Gasteiger partial charge in [-0.25, -0.2) is 4.52 Å². The van der Waals surface area contributed by atoms with Crippen LogP contribution in [0.5, 0.6) is 0 Å². The quantitative estimate of drug-likeness (QED) is 0.811. The molecule has 0 radical (unpaired) electrons. The highest BCUT2D eigenvalue weighted by Crippen LogP contribution is 2.11. The lowest BCUT2D eigenvalue weighted by Crippen LogP contribution is -2.12. The van der Waals surface area contributed by atoms with Gasteiger partial charge in [-0.3, -0.25) is 4.79 Å². The first-order valence-corrected chi connectivity index (χ1v) is 4.68. The first kappa shape index (κ1) is 9.64. The summed E-state index contributed by atoms with van der Waals surface area (Å²) in [5.41, 5.74) is 1.87. The second-order valence-electron chi connectivity index (χ2n) is 3.58. The Morgan fingerprint density at radius 2 is 2.47 bits per heavy atom. The van der Waals surface area contributed by atoms with E-state index in [9.17, 15) is 4.79 Å². The van der Waals surface area contributed by atoms with Gasteiger partial charge in [0.15, 0.2) is 0 Å². The molecule has 0 aliphatic carbocycles. The molecule has 5 nitrogen and oxygen atoms in total. The second kappa shape index (κ2) is 3.68. The summed E-state index contributed by atoms with van der Waals surface area (Å²) in [6.07, 6.45) is 3.96. The lowest BCUT2D eigenvalue weighted by Gasteiger charge is -2.05. The number of hydrogen-bond donors (Lipinski definition) is 1. The van der Waals surface area contributed by atoms with E-state index in [1.54, 1.807) is 23.8 Å². The minimum Gasteiger partial charge on any atom is -0.481 e. The summed E-state index contributed by atoms with van der Waals surface area (Å²) in [5, 5.41) is 16.4. The van der Waals surface area contributed by atoms with Gasteiger partial charge < -0.3 is 5.11 Å². The third-order valence-electron chi connectivity index (χ3n) is 2.33. The largest absolute Gasteiger partial charge is 0.481 e. The maximum atomic E-state index is 10.7. The number of aromatic nitrogens is 3. The topological polar surface area (TPSA) is 67.5 Å². The number of pyridine rings is 1. The fraction of sp³-hybridized carbons (Fsp3) is 0.300. The molecule has 0 bridgehead atoms. The van der Waals surface area contributed by atoms with Gasteiger partial charge in [-0.2, -0.15) is 0 Å². The summed E-state index contributed by atoms with van der Waals surface area (Å²) in [6, 6.07) is 3.76. The lowest BCUT2D eigenvalue weighted by molar-refractivity contribution is -0.141. The van der Waals surface area contributed by atoms with Crippen LogP contribution in [0.1, 0.15) is 12.5 Å². The van der Waals surface area contributed by atoms with Crippen LogP contribution < -0.4 is 0 Å². The molecule has 78 valence electrons. The molecule has 0 saturated heterocycles. The van der Waals surface area contributed by atoms with Crippen LogP contribution in [-0.4, -0.2) is 25.9 Å². The molecule has 5 heteroatoms. The average molecular weight is 205 g/mol. The number of carboxylic acids is 1. The molecule has 2 aromatic heterocycles. The molecular weight excluding hydrogens is 194 g/mol. The molecule has 2 rings (SSSR count). The van der Waals surface area contributed by atoms with E-state index in [4.69, 9.17) is 5.11 Å². The number of rotatable bonds is 3. The molecule has 0 amide bonds. The predicted octanol–water partition coefficient (Wildman–Crippen LogP) is 0.992. The Morgan fingerprint density at radius 3 is 3.20 bits per heavy atom. The van der Waals surface area contributed by atoms with E-state index >= 15 is 0 Å². The van der Waals surface area contributed by atoms with Crippen LogP contribution >= 0.6 is 0 Å². The van der Waals surface area contributed by atoms with Crippen molar-refractivity contribution in [2.45, 2.75) is 13.3 Å². The van der Waals surface area contributed by atoms with Gasteiger partial charge >= 0.3 is 5.97 Å². The summed E-state index contributed by atoms with van der Waals surface area (Å²) in [5.74, 6) is -1.15. The summed E-state index contributed by atoms with van der Waals surface area (Å²) in [6.45, 7) is 1.70. The first-order valence-electron chi connectivity index (χ1n) is 4.68. The molecule has 2 heterocycles. The zero-order chi connectivity index (χ0) is 10.8. The van der Waals surface area contributed by atoms with Gasteiger partial charge in [0.1, 0.15) is 0 Å². The van der Waals surface area contributed by atoms with Gasteiger partial charge in [-0.1, -0.05) is 12.1 Å². The Morgan fingerprint density at radius 1 is 1.67 bits per heavy atom. The Balaban J connectivity index is 2.24. The van der Waals surface area contributed by atoms with E-state index < -0.39 is 5.97 Å². The van der Waals surface area contributed by atoms with Crippen LogP contribution in [0, 0.1) is 5.92 Å². The highest BCUT2D eigenvalue weighted by atomic mass is 16.4. The Hall–Kier alpha value is -1.91. The van der Waals surface area contributed by atoms with Crippen molar-refractivity contribution in [2.75, 3.05) is 0 Å². The van der Waals surface area contributed by atoms with E-state index in [1.807, 2.05) is 12.1 Å². The van der Waals surface area contributed by atoms with Gasteiger partial charge in [-0.15, -0.1) is 5.10 Å². The fourth-order valence-corrected chi connectivity index (χ4v) is 1.44. The molecule has 0 aliphatic heterocycles. The van der Waals surface area contributed by atoms with Gasteiger partial charge in [0.05, 0.1) is 17.6 Å². The molecule has 0 aliphatic rings. The van der Waals surface area contributed by atoms with Crippen LogP contribution in [-0.2, 0) is 11.2 Å². The first-order chi connectivity index (χ1) is 7.16. The lowest BCUT2D eigenvalue weighted by atomic mass is 10.0. The minimum atomic E-state index is -0.776. The van der Waals surface area contributed by atoms with Crippen LogP contribution in [0.15, 0.2) is 24.5 Å². The number of hydrogen-bond acceptors (Lipinski definition) is 3. The minimum absolute atomic E-state index is 0.372. The summed E-state index contributed by atoms with van der Waals surface area (Å²) in [4.78, 5) is 10.7. The van der Waals surface area contributed by atoms with Crippen molar-refractivity contribution in [3.8, 4) is 0 Å². The van der Waals surface area contributed by atoms with Gasteiger partial charge in [0, 0.05) is 6.20 Å². The van der Waals surface area contributed by atoms with Crippen LogP contribution in [0.3, 0.4) is 0 Å². The van der Waals surface area contributed by atoms with Crippen LogP contribution in [0.25, 0.3) is 5.52 Å². The van der Waals surface area contributed by atoms with Crippen molar-refractivity contribution < 1.29 is 9.90 Å². The number of carbonyl (C=O) groups is 1. The van der Waals surface area contributed by atoms with E-state index in [2.05, 4.69) is 10.3 Å². The molecule has 0 aromatic carbocycles. The summed E-state index contributed by atoms with van der Waals surface area (Å²) in [7, 11) is 0. The van der Waals surface area contributed by atoms with Gasteiger partial charge in [0.2, 0.25) is 0 Å². The summed E-state index contributed by atoms with van der Waals surface area (Å²) < 4.78 is 1.65. The number of aliphatic carboxylic acids is 1. The number of nitrogens with zero attached hydrogens (tertiary/aromatic N) is 3.